The normalized spacial score (nSPS) is 10.2. The van der Waals surface area contributed by atoms with Crippen LogP contribution in [0.5, 0.6) is 5.75 Å². The fourth-order valence-electron chi connectivity index (χ4n) is 1.55. The first kappa shape index (κ1) is 13.9. The second kappa shape index (κ2) is 6.08. The molecule has 100 valence electrons. The molecular formula is C13H12BrNO3S. The predicted octanol–water partition coefficient (Wildman–Crippen LogP) is 3.83. The monoisotopic (exact) mass is 341 g/mol. The van der Waals surface area contributed by atoms with E-state index in [4.69, 9.17) is 9.84 Å². The Kier molecular flexibility index (Phi) is 4.44. The molecule has 6 heteroatoms. The first-order chi connectivity index (χ1) is 9.10. The van der Waals surface area contributed by atoms with Crippen LogP contribution in [0.3, 0.4) is 0 Å². The second-order valence-electron chi connectivity index (χ2n) is 3.81. The number of halogens is 1. The highest BCUT2D eigenvalue weighted by molar-refractivity contribution is 9.10. The molecule has 0 amide bonds. The summed E-state index contributed by atoms with van der Waals surface area (Å²) >= 11 is 4.85. The number of carboxylic acids is 1. The first-order valence-electron chi connectivity index (χ1n) is 5.48. The van der Waals surface area contributed by atoms with Crippen molar-refractivity contribution in [1.29, 1.82) is 0 Å². The number of carboxylic acid groups (broad SMARTS) is 1. The highest BCUT2D eigenvalue weighted by Gasteiger charge is 2.06. The molecular weight excluding hydrogens is 330 g/mol. The summed E-state index contributed by atoms with van der Waals surface area (Å²) in [6.45, 7) is 0.594. The van der Waals surface area contributed by atoms with Gasteiger partial charge < -0.3 is 15.2 Å². The third-order valence-corrected chi connectivity index (χ3v) is 4.08. The number of hydrogen-bond acceptors (Lipinski definition) is 4. The van der Waals surface area contributed by atoms with Crippen molar-refractivity contribution in [2.45, 2.75) is 6.54 Å². The van der Waals surface area contributed by atoms with E-state index in [0.717, 1.165) is 20.8 Å². The minimum Gasteiger partial charge on any atom is -0.496 e. The average molecular weight is 342 g/mol. The molecule has 0 radical (unpaired) electrons. The summed E-state index contributed by atoms with van der Waals surface area (Å²) in [6.07, 6.45) is 0. The number of anilines is 1. The summed E-state index contributed by atoms with van der Waals surface area (Å²) in [7, 11) is 1.62. The molecule has 0 bridgehead atoms. The minimum absolute atomic E-state index is 0.331. The van der Waals surface area contributed by atoms with Gasteiger partial charge in [0.05, 0.1) is 17.1 Å². The van der Waals surface area contributed by atoms with E-state index in [0.29, 0.717) is 12.1 Å². The summed E-state index contributed by atoms with van der Waals surface area (Å²) in [4.78, 5) is 11.7. The summed E-state index contributed by atoms with van der Waals surface area (Å²) in [5.41, 5.74) is 1.27. The first-order valence-corrected chi connectivity index (χ1v) is 7.15. The Bertz CT molecular complexity index is 597. The lowest BCUT2D eigenvalue weighted by molar-refractivity contribution is 0.0697. The van der Waals surface area contributed by atoms with E-state index in [1.807, 2.05) is 18.2 Å². The fraction of sp³-hybridized carbons (Fsp3) is 0.154. The SMILES string of the molecule is COc1ccc(NCc2cc(C(=O)O)cs2)cc1Br. The number of nitrogens with one attached hydrogen (secondary N) is 1. The van der Waals surface area contributed by atoms with Crippen molar-refractivity contribution in [2.75, 3.05) is 12.4 Å². The Morgan fingerprint density at radius 2 is 2.26 bits per heavy atom. The molecule has 19 heavy (non-hydrogen) atoms. The van der Waals surface area contributed by atoms with Crippen LogP contribution in [0.15, 0.2) is 34.1 Å². The van der Waals surface area contributed by atoms with Crippen molar-refractivity contribution in [1.82, 2.24) is 0 Å². The Balaban J connectivity index is 2.01. The highest BCUT2D eigenvalue weighted by Crippen LogP contribution is 2.28. The molecule has 0 unspecified atom stereocenters. The molecule has 0 saturated carbocycles. The van der Waals surface area contributed by atoms with Crippen LogP contribution in [0.4, 0.5) is 5.69 Å². The van der Waals surface area contributed by atoms with Gasteiger partial charge in [0.25, 0.3) is 0 Å². The number of rotatable bonds is 5. The highest BCUT2D eigenvalue weighted by atomic mass is 79.9. The summed E-state index contributed by atoms with van der Waals surface area (Å²) in [5.74, 6) is -0.121. The van der Waals surface area contributed by atoms with Gasteiger partial charge in [-0.3, -0.25) is 0 Å². The molecule has 0 aliphatic heterocycles. The van der Waals surface area contributed by atoms with Gasteiger partial charge in [-0.1, -0.05) is 0 Å². The van der Waals surface area contributed by atoms with Crippen molar-refractivity contribution in [3.8, 4) is 5.75 Å². The maximum Gasteiger partial charge on any atom is 0.336 e. The van der Waals surface area contributed by atoms with E-state index in [1.54, 1.807) is 18.6 Å². The zero-order valence-electron chi connectivity index (χ0n) is 10.1. The van der Waals surface area contributed by atoms with Crippen molar-refractivity contribution in [3.05, 3.63) is 44.6 Å². The number of thiophene rings is 1. The number of methoxy groups -OCH3 is 1. The maximum absolute atomic E-state index is 10.8. The quantitative estimate of drug-likeness (QED) is 0.867. The van der Waals surface area contributed by atoms with Crippen LogP contribution in [0.1, 0.15) is 15.2 Å². The van der Waals surface area contributed by atoms with E-state index < -0.39 is 5.97 Å². The number of aromatic carboxylic acids is 1. The molecule has 2 aromatic rings. The van der Waals surface area contributed by atoms with Crippen molar-refractivity contribution in [2.24, 2.45) is 0 Å². The van der Waals surface area contributed by atoms with E-state index in [2.05, 4.69) is 21.2 Å². The third kappa shape index (κ3) is 3.48. The van der Waals surface area contributed by atoms with Crippen LogP contribution in [-0.4, -0.2) is 18.2 Å². The Morgan fingerprint density at radius 3 is 2.84 bits per heavy atom. The van der Waals surface area contributed by atoms with Gasteiger partial charge in [0.15, 0.2) is 0 Å². The molecule has 0 fully saturated rings. The number of hydrogen-bond donors (Lipinski definition) is 2. The van der Waals surface area contributed by atoms with Crippen LogP contribution in [0.25, 0.3) is 0 Å². The zero-order chi connectivity index (χ0) is 13.8. The Hall–Kier alpha value is -1.53. The van der Waals surface area contributed by atoms with Crippen LogP contribution in [-0.2, 0) is 6.54 Å². The molecule has 4 nitrogen and oxygen atoms in total. The van der Waals surface area contributed by atoms with Gasteiger partial charge in [-0.05, 0) is 40.2 Å². The average Bonchev–Trinajstić information content (AvgIpc) is 2.85. The van der Waals surface area contributed by atoms with Crippen LogP contribution >= 0.6 is 27.3 Å². The molecule has 0 aliphatic rings. The predicted molar refractivity (Wildman–Crippen MR) is 79.3 cm³/mol. The Labute approximate surface area is 123 Å². The van der Waals surface area contributed by atoms with Crippen molar-refractivity contribution >= 4 is 38.9 Å². The fourth-order valence-corrected chi connectivity index (χ4v) is 2.89. The van der Waals surface area contributed by atoms with E-state index >= 15 is 0 Å². The lowest BCUT2D eigenvalue weighted by atomic mass is 10.3. The lowest BCUT2D eigenvalue weighted by Crippen LogP contribution is -1.98. The van der Waals surface area contributed by atoms with Crippen LogP contribution in [0.2, 0.25) is 0 Å². The van der Waals surface area contributed by atoms with E-state index in [9.17, 15) is 4.79 Å². The summed E-state index contributed by atoms with van der Waals surface area (Å²) < 4.78 is 6.03. The summed E-state index contributed by atoms with van der Waals surface area (Å²) in [5, 5.41) is 13.7. The number of ether oxygens (including phenoxy) is 1. The molecule has 0 spiro atoms. The van der Waals surface area contributed by atoms with Crippen molar-refractivity contribution in [3.63, 3.8) is 0 Å². The van der Waals surface area contributed by atoms with Gasteiger partial charge in [0.2, 0.25) is 0 Å². The van der Waals surface area contributed by atoms with Gasteiger partial charge in [-0.15, -0.1) is 11.3 Å². The van der Waals surface area contributed by atoms with Gasteiger partial charge >= 0.3 is 5.97 Å². The number of carbonyl (C=O) groups is 1. The minimum atomic E-state index is -0.894. The lowest BCUT2D eigenvalue weighted by Gasteiger charge is -2.08. The number of benzene rings is 1. The van der Waals surface area contributed by atoms with Crippen molar-refractivity contribution < 1.29 is 14.6 Å². The topological polar surface area (TPSA) is 58.6 Å². The van der Waals surface area contributed by atoms with Gasteiger partial charge in [-0.2, -0.15) is 0 Å². The van der Waals surface area contributed by atoms with E-state index in [-0.39, 0.29) is 0 Å². The molecule has 0 saturated heterocycles. The van der Waals surface area contributed by atoms with Gasteiger partial charge in [0, 0.05) is 22.5 Å². The zero-order valence-corrected chi connectivity index (χ0v) is 12.5. The van der Waals surface area contributed by atoms with Crippen LogP contribution in [0, 0.1) is 0 Å². The molecule has 0 aliphatic carbocycles. The molecule has 2 N–H and O–H groups in total. The van der Waals surface area contributed by atoms with Gasteiger partial charge in [0.1, 0.15) is 5.75 Å². The molecule has 2 rings (SSSR count). The molecule has 1 aromatic heterocycles. The molecule has 0 atom stereocenters. The summed E-state index contributed by atoms with van der Waals surface area (Å²) in [6, 6.07) is 7.38. The largest absolute Gasteiger partial charge is 0.496 e. The van der Waals surface area contributed by atoms with Gasteiger partial charge in [-0.25, -0.2) is 4.79 Å². The Morgan fingerprint density at radius 1 is 1.47 bits per heavy atom. The van der Waals surface area contributed by atoms with Crippen LogP contribution < -0.4 is 10.1 Å². The third-order valence-electron chi connectivity index (χ3n) is 2.52. The standard InChI is InChI=1S/C13H12BrNO3S/c1-18-12-3-2-9(5-11(12)14)15-6-10-4-8(7-19-10)13(16)17/h2-5,7,15H,6H2,1H3,(H,16,17). The smallest absolute Gasteiger partial charge is 0.336 e. The molecule has 1 heterocycles. The van der Waals surface area contributed by atoms with E-state index in [1.165, 1.54) is 11.3 Å². The second-order valence-corrected chi connectivity index (χ2v) is 5.66. The maximum atomic E-state index is 10.8. The molecule has 1 aromatic carbocycles.